The number of fused-ring (bicyclic) bond motifs is 1. The number of hydrogen-bond donors (Lipinski definition) is 2. The van der Waals surface area contributed by atoms with Crippen molar-refractivity contribution in [2.24, 2.45) is 4.99 Å². The number of nitrogens with zero attached hydrogens (tertiary/aromatic N) is 3. The van der Waals surface area contributed by atoms with Crippen LogP contribution in [-0.2, 0) is 13.1 Å². The molecule has 0 spiro atoms. The van der Waals surface area contributed by atoms with E-state index >= 15 is 0 Å². The van der Waals surface area contributed by atoms with Crippen LogP contribution in [0.5, 0.6) is 0 Å². The highest BCUT2D eigenvalue weighted by molar-refractivity contribution is 14.0. The van der Waals surface area contributed by atoms with E-state index < -0.39 is 0 Å². The van der Waals surface area contributed by atoms with Crippen LogP contribution in [0, 0.1) is 13.8 Å². The van der Waals surface area contributed by atoms with E-state index in [0.29, 0.717) is 6.54 Å². The first-order chi connectivity index (χ1) is 13.2. The summed E-state index contributed by atoms with van der Waals surface area (Å²) in [6, 6.07) is 17.0. The van der Waals surface area contributed by atoms with Crippen LogP contribution in [0.1, 0.15) is 30.3 Å². The van der Waals surface area contributed by atoms with Crippen LogP contribution in [0.15, 0.2) is 53.5 Å². The minimum absolute atomic E-state index is 0. The zero-order valence-corrected chi connectivity index (χ0v) is 19.2. The van der Waals surface area contributed by atoms with Gasteiger partial charge in [-0.2, -0.15) is 5.10 Å². The summed E-state index contributed by atoms with van der Waals surface area (Å²) < 4.78 is 2.07. The molecule has 0 fully saturated rings. The molecule has 0 saturated carbocycles. The number of hydrogen-bond acceptors (Lipinski definition) is 2. The molecule has 1 heterocycles. The van der Waals surface area contributed by atoms with Crippen LogP contribution >= 0.6 is 24.0 Å². The molecule has 0 aliphatic heterocycles. The molecule has 0 aliphatic carbocycles. The number of benzene rings is 2. The first-order valence-electron chi connectivity index (χ1n) is 9.67. The lowest BCUT2D eigenvalue weighted by atomic mass is 10.1. The molecular weight excluding hydrogens is 461 g/mol. The third-order valence-electron chi connectivity index (χ3n) is 4.57. The fraction of sp³-hybridized carbons (Fsp3) is 0.364. The highest BCUT2D eigenvalue weighted by Crippen LogP contribution is 2.19. The second-order valence-corrected chi connectivity index (χ2v) is 6.76. The predicted molar refractivity (Wildman–Crippen MR) is 128 cm³/mol. The summed E-state index contributed by atoms with van der Waals surface area (Å²) in [5.74, 6) is 0.860. The van der Waals surface area contributed by atoms with E-state index in [4.69, 9.17) is 4.99 Å². The summed E-state index contributed by atoms with van der Waals surface area (Å²) in [5, 5.41) is 13.8. The van der Waals surface area contributed by atoms with Gasteiger partial charge in [0.2, 0.25) is 0 Å². The van der Waals surface area contributed by atoms with Crippen LogP contribution in [0.4, 0.5) is 0 Å². The molecular formula is C22H30IN5. The lowest BCUT2D eigenvalue weighted by Crippen LogP contribution is -2.38. The average molecular weight is 491 g/mol. The maximum atomic E-state index is 4.77. The molecule has 0 bridgehead atoms. The lowest BCUT2D eigenvalue weighted by Gasteiger charge is -2.12. The number of aromatic nitrogens is 2. The normalized spacial score (nSPS) is 11.3. The van der Waals surface area contributed by atoms with Crippen molar-refractivity contribution in [3.05, 3.63) is 65.5 Å². The second kappa shape index (κ2) is 11.0. The summed E-state index contributed by atoms with van der Waals surface area (Å²) in [4.78, 5) is 4.77. The Morgan fingerprint density at radius 1 is 1.07 bits per heavy atom. The van der Waals surface area contributed by atoms with E-state index in [0.717, 1.165) is 37.7 Å². The maximum absolute atomic E-state index is 4.77. The maximum Gasteiger partial charge on any atom is 0.191 e. The Morgan fingerprint density at radius 2 is 1.86 bits per heavy atom. The zero-order chi connectivity index (χ0) is 19.1. The molecule has 0 saturated heterocycles. The van der Waals surface area contributed by atoms with Crippen molar-refractivity contribution in [3.8, 4) is 0 Å². The smallest absolute Gasteiger partial charge is 0.191 e. The Kier molecular flexibility index (Phi) is 8.76. The van der Waals surface area contributed by atoms with Gasteiger partial charge in [0, 0.05) is 25.3 Å². The number of halogens is 1. The van der Waals surface area contributed by atoms with Gasteiger partial charge in [0.1, 0.15) is 0 Å². The van der Waals surface area contributed by atoms with Crippen molar-refractivity contribution in [3.63, 3.8) is 0 Å². The van der Waals surface area contributed by atoms with Crippen molar-refractivity contribution in [1.82, 2.24) is 20.4 Å². The van der Waals surface area contributed by atoms with E-state index in [9.17, 15) is 0 Å². The molecule has 0 atom stereocenters. The molecule has 0 aliphatic rings. The molecule has 0 radical (unpaired) electrons. The van der Waals surface area contributed by atoms with E-state index in [2.05, 4.69) is 82.8 Å². The largest absolute Gasteiger partial charge is 0.357 e. The van der Waals surface area contributed by atoms with E-state index in [1.54, 1.807) is 0 Å². The van der Waals surface area contributed by atoms with E-state index in [-0.39, 0.29) is 24.0 Å². The molecule has 3 aromatic rings. The van der Waals surface area contributed by atoms with Crippen molar-refractivity contribution < 1.29 is 0 Å². The molecule has 2 N–H and O–H groups in total. The van der Waals surface area contributed by atoms with Gasteiger partial charge in [0.05, 0.1) is 12.2 Å². The van der Waals surface area contributed by atoms with Gasteiger partial charge in [-0.15, -0.1) is 24.0 Å². The highest BCUT2D eigenvalue weighted by atomic mass is 127. The molecule has 2 aromatic carbocycles. The Balaban J connectivity index is 0.00000280. The topological polar surface area (TPSA) is 54.2 Å². The summed E-state index contributed by atoms with van der Waals surface area (Å²) in [6.07, 6.45) is 1.00. The fourth-order valence-corrected chi connectivity index (χ4v) is 3.27. The number of aryl methyl sites for hydroxylation is 3. The van der Waals surface area contributed by atoms with Gasteiger partial charge in [0.25, 0.3) is 0 Å². The molecule has 150 valence electrons. The summed E-state index contributed by atoms with van der Waals surface area (Å²) >= 11 is 0. The fourth-order valence-electron chi connectivity index (χ4n) is 3.27. The van der Waals surface area contributed by atoms with Crippen molar-refractivity contribution in [1.29, 1.82) is 0 Å². The van der Waals surface area contributed by atoms with Gasteiger partial charge in [0.15, 0.2) is 5.96 Å². The molecule has 28 heavy (non-hydrogen) atoms. The van der Waals surface area contributed by atoms with Crippen LogP contribution in [0.3, 0.4) is 0 Å². The number of aliphatic imine (C=N–C) groups is 1. The van der Waals surface area contributed by atoms with E-state index in [1.165, 1.54) is 22.0 Å². The minimum Gasteiger partial charge on any atom is -0.357 e. The first-order valence-corrected chi connectivity index (χ1v) is 9.67. The Morgan fingerprint density at radius 3 is 2.61 bits per heavy atom. The SMILES string of the molecule is CCNC(=NCc1cccc2ccccc12)NCCCn1nc(C)cc1C.I. The minimum atomic E-state index is 0. The summed E-state index contributed by atoms with van der Waals surface area (Å²) in [5.41, 5.74) is 3.53. The van der Waals surface area contributed by atoms with Crippen molar-refractivity contribution >= 4 is 40.7 Å². The first kappa shape index (κ1) is 22.2. The Labute approximate surface area is 184 Å². The number of guanidine groups is 1. The van der Waals surface area contributed by atoms with Crippen molar-refractivity contribution in [2.75, 3.05) is 13.1 Å². The van der Waals surface area contributed by atoms with Gasteiger partial charge in [-0.05, 0) is 49.6 Å². The molecule has 1 aromatic heterocycles. The molecule has 0 unspecified atom stereocenters. The van der Waals surface area contributed by atoms with Crippen LogP contribution < -0.4 is 10.6 Å². The third kappa shape index (κ3) is 5.95. The van der Waals surface area contributed by atoms with Crippen molar-refractivity contribution in [2.45, 2.75) is 40.3 Å². The number of rotatable bonds is 7. The predicted octanol–water partition coefficient (Wildman–Crippen LogP) is 4.42. The standard InChI is InChI=1S/C22H29N5.HI/c1-4-23-22(24-13-8-14-27-18(3)15-17(2)26-27)25-16-20-11-7-10-19-9-5-6-12-21(19)20;/h5-7,9-12,15H,4,8,13-14,16H2,1-3H3,(H2,23,24,25);1H. The third-order valence-corrected chi connectivity index (χ3v) is 4.57. The lowest BCUT2D eigenvalue weighted by molar-refractivity contribution is 0.555. The van der Waals surface area contributed by atoms with Gasteiger partial charge >= 0.3 is 0 Å². The summed E-state index contributed by atoms with van der Waals surface area (Å²) in [7, 11) is 0. The molecule has 5 nitrogen and oxygen atoms in total. The summed E-state index contributed by atoms with van der Waals surface area (Å²) in [6.45, 7) is 9.50. The molecule has 3 rings (SSSR count). The second-order valence-electron chi connectivity index (χ2n) is 6.76. The van der Waals surface area contributed by atoms with Crippen LogP contribution in [0.2, 0.25) is 0 Å². The van der Waals surface area contributed by atoms with Crippen LogP contribution in [-0.4, -0.2) is 28.8 Å². The highest BCUT2D eigenvalue weighted by Gasteiger charge is 2.03. The Hall–Kier alpha value is -2.09. The monoisotopic (exact) mass is 491 g/mol. The molecule has 0 amide bonds. The molecule has 6 heteroatoms. The number of nitrogens with one attached hydrogen (secondary N) is 2. The Bertz CT molecular complexity index is 911. The van der Waals surface area contributed by atoms with Gasteiger partial charge in [-0.25, -0.2) is 4.99 Å². The van der Waals surface area contributed by atoms with E-state index in [1.807, 2.05) is 6.92 Å². The quantitative estimate of drug-likeness (QED) is 0.223. The van der Waals surface area contributed by atoms with Gasteiger partial charge in [-0.1, -0.05) is 42.5 Å². The van der Waals surface area contributed by atoms with Gasteiger partial charge in [-0.3, -0.25) is 4.68 Å². The average Bonchev–Trinajstić information content (AvgIpc) is 3.00. The van der Waals surface area contributed by atoms with Gasteiger partial charge < -0.3 is 10.6 Å². The van der Waals surface area contributed by atoms with Crippen LogP contribution in [0.25, 0.3) is 10.8 Å². The zero-order valence-electron chi connectivity index (χ0n) is 16.9.